The molecule has 0 aliphatic carbocycles. The van der Waals surface area contributed by atoms with E-state index < -0.39 is 90.5 Å². The zero-order chi connectivity index (χ0) is 59.4. The van der Waals surface area contributed by atoms with Gasteiger partial charge in [-0.05, 0) is 81.5 Å². The topological polar surface area (TPSA) is 304 Å². The average molecular weight is 1140 g/mol. The van der Waals surface area contributed by atoms with Crippen LogP contribution in [0.15, 0.2) is 121 Å². The summed E-state index contributed by atoms with van der Waals surface area (Å²) in [4.78, 5) is 118. The number of esters is 4. The maximum Gasteiger partial charge on any atom is 0.407 e. The molecule has 0 heterocycles. The fraction of sp³-hybridized carbons (Fsp3) is 0.450. The molecule has 0 fully saturated rings. The molecule has 22 nitrogen and oxygen atoms in total. The van der Waals surface area contributed by atoms with Gasteiger partial charge in [0.2, 0.25) is 23.6 Å². The first-order chi connectivity index (χ1) is 39.4. The van der Waals surface area contributed by atoms with E-state index >= 15 is 0 Å². The monoisotopic (exact) mass is 1140 g/mol. The zero-order valence-corrected chi connectivity index (χ0v) is 46.9. The highest BCUT2D eigenvalue weighted by Gasteiger charge is 2.31. The maximum absolute atomic E-state index is 14.2. The summed E-state index contributed by atoms with van der Waals surface area (Å²) in [5, 5.41) is 13.1. The van der Waals surface area contributed by atoms with Gasteiger partial charge < -0.3 is 65.5 Å². The number of carbonyl (C=O) groups excluding carboxylic acids is 9. The lowest BCUT2D eigenvalue weighted by atomic mass is 10.1. The van der Waals surface area contributed by atoms with Crippen LogP contribution in [0, 0.1) is 0 Å². The second kappa shape index (κ2) is 37.7. The Morgan fingerprint density at radius 3 is 1.38 bits per heavy atom. The lowest BCUT2D eigenvalue weighted by Crippen LogP contribution is -2.53. The molecule has 0 aliphatic rings. The first-order valence-electron chi connectivity index (χ1n) is 27.3. The molecule has 0 aliphatic heterocycles. The van der Waals surface area contributed by atoms with Crippen LogP contribution in [0.2, 0.25) is 0 Å². The summed E-state index contributed by atoms with van der Waals surface area (Å²) in [6.45, 7) is 4.98. The number of unbranched alkanes of at least 4 members (excludes halogenated alkanes) is 1. The van der Waals surface area contributed by atoms with Gasteiger partial charge in [0.05, 0.1) is 25.9 Å². The highest BCUT2D eigenvalue weighted by Crippen LogP contribution is 2.13. The third kappa shape index (κ3) is 29.3. The van der Waals surface area contributed by atoms with Gasteiger partial charge in [-0.2, -0.15) is 0 Å². The minimum absolute atomic E-state index is 0.00712. The molecule has 0 saturated carbocycles. The highest BCUT2D eigenvalue weighted by atomic mass is 16.6. The number of ether oxygens (including phenoxy) is 7. The normalized spacial score (nSPS) is 12.4. The Labute approximate surface area is 478 Å². The predicted octanol–water partition coefficient (Wildman–Crippen LogP) is 4.93. The standard InChI is InChI=1S/C60H78N6O16/c1-60(2,3)82-59(75)63-33-17-16-26-47(61)55(71)62-34-35-76-36-37-77-42-52(68)64-48(56(72)66-50(58(74)81-41-46-24-14-7-15-25-46)29-32-54(70)79-39-44-20-10-5-11-21-44)27-30-51(67)65-49(57(73)80-40-45-22-12-6-13-23-45)28-31-53(69)78-38-43-18-8-4-9-19-43/h4-15,18-25,47-50H,16-17,26-42,61H2,1-3H3,(H,62,71)(H,63,75)(H,64,68)(H,65,67)(H,66,72). The smallest absolute Gasteiger partial charge is 0.407 e. The number of hydrogen-bond acceptors (Lipinski definition) is 17. The van der Waals surface area contributed by atoms with Gasteiger partial charge in [0, 0.05) is 32.4 Å². The molecule has 4 aromatic carbocycles. The van der Waals surface area contributed by atoms with Crippen LogP contribution in [0.1, 0.15) is 101 Å². The van der Waals surface area contributed by atoms with Gasteiger partial charge in [0.25, 0.3) is 0 Å². The van der Waals surface area contributed by atoms with E-state index in [0.717, 1.165) is 11.1 Å². The number of benzene rings is 4. The van der Waals surface area contributed by atoms with Gasteiger partial charge in [-0.3, -0.25) is 28.8 Å². The Morgan fingerprint density at radius 1 is 0.451 bits per heavy atom. The van der Waals surface area contributed by atoms with Crippen molar-refractivity contribution in [3.05, 3.63) is 144 Å². The Bertz CT molecular complexity index is 2590. The number of rotatable bonds is 37. The van der Waals surface area contributed by atoms with Crippen molar-refractivity contribution in [2.75, 3.05) is 39.5 Å². The SMILES string of the molecule is CC(C)(C)OC(=O)NCCCCC(N)C(=O)NCCOCCOCC(=O)NC(CCC(=O)NC(CCC(=O)OCc1ccccc1)C(=O)OCc1ccccc1)C(=O)NC(CCC(=O)OCc1ccccc1)C(=O)OCc1ccccc1. The van der Waals surface area contributed by atoms with Crippen LogP contribution in [-0.4, -0.2) is 123 Å². The van der Waals surface area contributed by atoms with Crippen molar-refractivity contribution in [2.24, 2.45) is 5.73 Å². The molecule has 22 heteroatoms. The first-order valence-corrected chi connectivity index (χ1v) is 27.3. The molecule has 4 unspecified atom stereocenters. The second-order valence-corrected chi connectivity index (χ2v) is 19.9. The van der Waals surface area contributed by atoms with Crippen LogP contribution >= 0.6 is 0 Å². The quantitative estimate of drug-likeness (QED) is 0.0198. The van der Waals surface area contributed by atoms with E-state index in [0.29, 0.717) is 36.9 Å². The van der Waals surface area contributed by atoms with Crippen molar-refractivity contribution in [2.45, 2.75) is 135 Å². The van der Waals surface area contributed by atoms with Crippen molar-refractivity contribution in [1.82, 2.24) is 26.6 Å². The Kier molecular flexibility index (Phi) is 30.5. The molecular weight excluding hydrogens is 1060 g/mol. The van der Waals surface area contributed by atoms with Crippen LogP contribution < -0.4 is 32.3 Å². The van der Waals surface area contributed by atoms with Gasteiger partial charge in [0.1, 0.15) is 56.8 Å². The van der Waals surface area contributed by atoms with Crippen molar-refractivity contribution < 1.29 is 76.3 Å². The van der Waals surface area contributed by atoms with Crippen molar-refractivity contribution in [3.8, 4) is 0 Å². The number of nitrogens with one attached hydrogen (secondary N) is 5. The molecule has 0 aromatic heterocycles. The zero-order valence-electron chi connectivity index (χ0n) is 46.9. The summed E-state index contributed by atoms with van der Waals surface area (Å²) in [6.07, 6.45) is -0.802. The maximum atomic E-state index is 14.2. The Morgan fingerprint density at radius 2 is 0.890 bits per heavy atom. The summed E-state index contributed by atoms with van der Waals surface area (Å²) in [6, 6.07) is 30.5. The van der Waals surface area contributed by atoms with Gasteiger partial charge in [-0.1, -0.05) is 121 Å². The summed E-state index contributed by atoms with van der Waals surface area (Å²) in [7, 11) is 0. The number of carbonyl (C=O) groups is 9. The summed E-state index contributed by atoms with van der Waals surface area (Å²) in [5.74, 6) is -5.83. The van der Waals surface area contributed by atoms with Gasteiger partial charge in [-0.15, -0.1) is 0 Å². The molecule has 0 bridgehead atoms. The van der Waals surface area contributed by atoms with E-state index in [4.69, 9.17) is 38.9 Å². The van der Waals surface area contributed by atoms with Crippen LogP contribution in [0.25, 0.3) is 0 Å². The van der Waals surface area contributed by atoms with Gasteiger partial charge >= 0.3 is 30.0 Å². The van der Waals surface area contributed by atoms with Crippen molar-refractivity contribution in [3.63, 3.8) is 0 Å². The van der Waals surface area contributed by atoms with E-state index in [1.807, 2.05) is 12.1 Å². The molecule has 4 rings (SSSR count). The lowest BCUT2D eigenvalue weighted by molar-refractivity contribution is -0.151. The van der Waals surface area contributed by atoms with E-state index in [2.05, 4.69) is 26.6 Å². The Hall–Kier alpha value is -8.21. The average Bonchev–Trinajstić information content (AvgIpc) is 3.51. The summed E-state index contributed by atoms with van der Waals surface area (Å²) in [5.41, 5.74) is 8.22. The largest absolute Gasteiger partial charge is 0.461 e. The van der Waals surface area contributed by atoms with Crippen molar-refractivity contribution in [1.29, 1.82) is 0 Å². The molecule has 82 heavy (non-hydrogen) atoms. The third-order valence-corrected chi connectivity index (χ3v) is 11.8. The minimum atomic E-state index is -1.49. The molecule has 0 spiro atoms. The van der Waals surface area contributed by atoms with Gasteiger partial charge in [0.15, 0.2) is 0 Å². The van der Waals surface area contributed by atoms with Gasteiger partial charge in [-0.25, -0.2) is 14.4 Å². The Balaban J connectivity index is 1.36. The van der Waals surface area contributed by atoms with E-state index in [1.54, 1.807) is 130 Å². The van der Waals surface area contributed by atoms with Crippen LogP contribution in [0.4, 0.5) is 4.79 Å². The molecule has 0 saturated heterocycles. The minimum Gasteiger partial charge on any atom is -0.461 e. The fourth-order valence-corrected chi connectivity index (χ4v) is 7.51. The molecule has 4 atom stereocenters. The fourth-order valence-electron chi connectivity index (χ4n) is 7.51. The molecule has 444 valence electrons. The molecule has 5 amide bonds. The molecule has 7 N–H and O–H groups in total. The molecule has 0 radical (unpaired) electrons. The second-order valence-electron chi connectivity index (χ2n) is 19.9. The molecular formula is C60H78N6O16. The number of alkyl carbamates (subject to hydrolysis) is 1. The summed E-state index contributed by atoms with van der Waals surface area (Å²) >= 11 is 0. The number of amides is 5. The van der Waals surface area contributed by atoms with Crippen LogP contribution in [0.5, 0.6) is 0 Å². The third-order valence-electron chi connectivity index (χ3n) is 11.8. The number of nitrogens with two attached hydrogens (primary N) is 1. The number of hydrogen-bond donors (Lipinski definition) is 6. The van der Waals surface area contributed by atoms with Crippen LogP contribution in [-0.2, 0) is 97.9 Å². The van der Waals surface area contributed by atoms with Crippen molar-refractivity contribution >= 4 is 53.6 Å². The highest BCUT2D eigenvalue weighted by molar-refractivity contribution is 5.92. The van der Waals surface area contributed by atoms with E-state index in [9.17, 15) is 43.2 Å². The predicted molar refractivity (Wildman–Crippen MR) is 299 cm³/mol. The summed E-state index contributed by atoms with van der Waals surface area (Å²) < 4.78 is 38.1. The van der Waals surface area contributed by atoms with E-state index in [-0.39, 0.29) is 90.8 Å². The van der Waals surface area contributed by atoms with E-state index in [1.165, 1.54) is 0 Å². The first kappa shape index (κ1) is 66.3. The lowest BCUT2D eigenvalue weighted by Gasteiger charge is -2.23. The van der Waals surface area contributed by atoms with Crippen LogP contribution in [0.3, 0.4) is 0 Å². The molecule has 4 aromatic rings.